The van der Waals surface area contributed by atoms with Crippen LogP contribution in [0.2, 0.25) is 0 Å². The zero-order valence-electron chi connectivity index (χ0n) is 17.1. The van der Waals surface area contributed by atoms with Gasteiger partial charge in [0.1, 0.15) is 12.3 Å². The minimum absolute atomic E-state index is 0.256. The Labute approximate surface area is 173 Å². The Balaban J connectivity index is 1.58. The molecule has 0 amide bonds. The molecule has 3 rings (SSSR count). The summed E-state index contributed by atoms with van der Waals surface area (Å²) in [6.07, 6.45) is 6.47. The third-order valence-corrected chi connectivity index (χ3v) is 5.77. The molecule has 1 aromatic rings. The van der Waals surface area contributed by atoms with Gasteiger partial charge in [0, 0.05) is 18.7 Å². The number of nitrogens with zero attached hydrogens (tertiary/aromatic N) is 1. The molecule has 1 aromatic carbocycles. The number of hydrogen-bond donors (Lipinski definition) is 3. The number of hydrogen-bond acceptors (Lipinski definition) is 4. The van der Waals surface area contributed by atoms with Crippen LogP contribution >= 0.6 is 12.2 Å². The first-order valence-electron chi connectivity index (χ1n) is 10.4. The van der Waals surface area contributed by atoms with Gasteiger partial charge in [-0.3, -0.25) is 5.43 Å². The highest BCUT2D eigenvalue weighted by Gasteiger charge is 2.17. The molecule has 6 nitrogen and oxygen atoms in total. The van der Waals surface area contributed by atoms with Gasteiger partial charge in [0.05, 0.1) is 32.0 Å². The molecule has 3 N–H and O–H groups in total. The van der Waals surface area contributed by atoms with E-state index in [9.17, 15) is 0 Å². The van der Waals surface area contributed by atoms with Crippen molar-refractivity contribution in [3.63, 3.8) is 0 Å². The fourth-order valence-corrected chi connectivity index (χ4v) is 4.02. The minimum Gasteiger partial charge on any atom is -0.496 e. The lowest BCUT2D eigenvalue weighted by atomic mass is 10.0. The van der Waals surface area contributed by atoms with Crippen molar-refractivity contribution >= 4 is 23.0 Å². The van der Waals surface area contributed by atoms with E-state index in [1.54, 1.807) is 12.0 Å². The highest BCUT2D eigenvalue weighted by atomic mass is 32.1. The molecule has 0 aliphatic carbocycles. The van der Waals surface area contributed by atoms with Crippen LogP contribution in [-0.4, -0.2) is 50.3 Å². The first-order valence-corrected chi connectivity index (χ1v) is 10.8. The van der Waals surface area contributed by atoms with Crippen LogP contribution in [0.1, 0.15) is 50.2 Å². The monoisotopic (exact) mass is 405 g/mol. The highest BCUT2D eigenvalue weighted by molar-refractivity contribution is 7.80. The lowest BCUT2D eigenvalue weighted by molar-refractivity contribution is -0.918. The predicted molar refractivity (Wildman–Crippen MR) is 116 cm³/mol. The van der Waals surface area contributed by atoms with Crippen LogP contribution in [0.4, 0.5) is 0 Å². The van der Waals surface area contributed by atoms with Crippen LogP contribution in [0.15, 0.2) is 23.3 Å². The first-order chi connectivity index (χ1) is 13.7. The summed E-state index contributed by atoms with van der Waals surface area (Å²) in [6.45, 7) is 7.06. The van der Waals surface area contributed by atoms with Crippen molar-refractivity contribution in [1.29, 1.82) is 0 Å². The maximum absolute atomic E-state index is 5.60. The molecular formula is C21H33N4O2S+. The van der Waals surface area contributed by atoms with Crippen LogP contribution in [0.5, 0.6) is 5.75 Å². The number of likely N-dealkylation sites (tertiary alicyclic amines) is 1. The number of piperidine rings is 1. The average molecular weight is 406 g/mol. The van der Waals surface area contributed by atoms with E-state index in [1.807, 2.05) is 13.0 Å². The standard InChI is InChI=1S/C21H32N4O2S/c1-16(23-24-21(28)22-14-19-7-6-12-27-19)17-8-9-20(26-2)18(13-17)15-25-10-4-3-5-11-25/h8-9,13,19H,3-7,10-12,14-15H2,1-2H3,(H2,22,24,28)/p+1/b23-16-/t19-/m1/s1. The summed E-state index contributed by atoms with van der Waals surface area (Å²) in [5.74, 6) is 0.955. The van der Waals surface area contributed by atoms with Gasteiger partial charge >= 0.3 is 0 Å². The molecule has 0 aromatic heterocycles. The number of hydrazone groups is 1. The second-order valence-corrected chi connectivity index (χ2v) is 8.08. The van der Waals surface area contributed by atoms with E-state index in [2.05, 4.69) is 28.0 Å². The number of nitrogens with one attached hydrogen (secondary N) is 3. The molecule has 0 radical (unpaired) electrons. The van der Waals surface area contributed by atoms with Gasteiger partial charge in [-0.25, -0.2) is 0 Å². The summed E-state index contributed by atoms with van der Waals surface area (Å²) in [5.41, 5.74) is 6.18. The van der Waals surface area contributed by atoms with E-state index >= 15 is 0 Å². The van der Waals surface area contributed by atoms with Crippen LogP contribution in [-0.2, 0) is 11.3 Å². The third kappa shape index (κ3) is 6.15. The molecule has 28 heavy (non-hydrogen) atoms. The Morgan fingerprint density at radius 1 is 1.29 bits per heavy atom. The fourth-order valence-electron chi connectivity index (χ4n) is 3.89. The molecule has 0 unspecified atom stereocenters. The Hall–Kier alpha value is -1.70. The van der Waals surface area contributed by atoms with Gasteiger partial charge in [0.25, 0.3) is 0 Å². The van der Waals surface area contributed by atoms with E-state index in [0.29, 0.717) is 5.11 Å². The van der Waals surface area contributed by atoms with Crippen molar-refractivity contribution in [1.82, 2.24) is 10.7 Å². The lowest BCUT2D eigenvalue weighted by Crippen LogP contribution is -3.11. The van der Waals surface area contributed by atoms with Crippen LogP contribution in [0, 0.1) is 0 Å². The van der Waals surface area contributed by atoms with Gasteiger partial charge in [-0.15, -0.1) is 0 Å². The average Bonchev–Trinajstić information content (AvgIpc) is 3.25. The van der Waals surface area contributed by atoms with Gasteiger partial charge in [0.15, 0.2) is 5.11 Å². The van der Waals surface area contributed by atoms with E-state index in [1.165, 1.54) is 37.9 Å². The molecule has 2 aliphatic rings. The molecule has 0 bridgehead atoms. The second-order valence-electron chi connectivity index (χ2n) is 7.67. The fraction of sp³-hybridized carbons (Fsp3) is 0.619. The summed E-state index contributed by atoms with van der Waals surface area (Å²) < 4.78 is 11.2. The largest absolute Gasteiger partial charge is 0.496 e. The smallest absolute Gasteiger partial charge is 0.187 e. The topological polar surface area (TPSA) is 59.3 Å². The van der Waals surface area contributed by atoms with Crippen molar-refractivity contribution in [3.05, 3.63) is 29.3 Å². The molecule has 154 valence electrons. The maximum atomic E-state index is 5.60. The van der Waals surface area contributed by atoms with E-state index < -0.39 is 0 Å². The molecule has 2 fully saturated rings. The summed E-state index contributed by atoms with van der Waals surface area (Å²) in [6, 6.07) is 6.29. The molecule has 2 aliphatic heterocycles. The minimum atomic E-state index is 0.256. The van der Waals surface area contributed by atoms with E-state index in [0.717, 1.165) is 49.6 Å². The Bertz CT molecular complexity index is 683. The van der Waals surface area contributed by atoms with Crippen LogP contribution < -0.4 is 20.4 Å². The Morgan fingerprint density at radius 3 is 2.82 bits per heavy atom. The van der Waals surface area contributed by atoms with Crippen molar-refractivity contribution in [3.8, 4) is 5.75 Å². The van der Waals surface area contributed by atoms with Crippen molar-refractivity contribution in [2.75, 3.05) is 33.4 Å². The second kappa shape index (κ2) is 10.7. The molecule has 0 spiro atoms. The molecule has 2 heterocycles. The molecule has 1 atom stereocenters. The van der Waals surface area contributed by atoms with Crippen LogP contribution in [0.3, 0.4) is 0 Å². The Kier molecular flexibility index (Phi) is 8.06. The molecule has 0 saturated carbocycles. The Morgan fingerprint density at radius 2 is 2.11 bits per heavy atom. The number of methoxy groups -OCH3 is 1. The van der Waals surface area contributed by atoms with E-state index in [-0.39, 0.29) is 6.10 Å². The normalized spacial score (nSPS) is 20.8. The zero-order chi connectivity index (χ0) is 19.8. The molecular weight excluding hydrogens is 372 g/mol. The number of quaternary nitrogens is 1. The number of rotatable bonds is 7. The molecule has 2 saturated heterocycles. The SMILES string of the molecule is COc1ccc(/C(C)=N\NC(=S)NC[C@H]2CCCO2)cc1C[NH+]1CCCCC1. The van der Waals surface area contributed by atoms with Gasteiger partial charge in [0.2, 0.25) is 0 Å². The lowest BCUT2D eigenvalue weighted by Gasteiger charge is -2.24. The number of thiocarbonyl (C=S) groups is 1. The summed E-state index contributed by atoms with van der Waals surface area (Å²) >= 11 is 5.32. The summed E-state index contributed by atoms with van der Waals surface area (Å²) in [5, 5.41) is 8.17. The summed E-state index contributed by atoms with van der Waals surface area (Å²) in [7, 11) is 1.74. The third-order valence-electron chi connectivity index (χ3n) is 5.54. The predicted octanol–water partition coefficient (Wildman–Crippen LogP) is 1.63. The maximum Gasteiger partial charge on any atom is 0.187 e. The van der Waals surface area contributed by atoms with Crippen molar-refractivity contribution in [2.45, 2.75) is 51.7 Å². The quantitative estimate of drug-likeness (QED) is 0.366. The summed E-state index contributed by atoms with van der Waals surface area (Å²) in [4.78, 5) is 1.63. The zero-order valence-corrected chi connectivity index (χ0v) is 17.9. The van der Waals surface area contributed by atoms with Crippen LogP contribution in [0.25, 0.3) is 0 Å². The first kappa shape index (κ1) is 21.0. The van der Waals surface area contributed by atoms with Gasteiger partial charge in [-0.1, -0.05) is 0 Å². The number of ether oxygens (including phenoxy) is 2. The van der Waals surface area contributed by atoms with Gasteiger partial charge in [-0.05, 0) is 75.0 Å². The van der Waals surface area contributed by atoms with Crippen molar-refractivity contribution < 1.29 is 14.4 Å². The highest BCUT2D eigenvalue weighted by Crippen LogP contribution is 2.20. The molecule has 7 heteroatoms. The number of benzene rings is 1. The van der Waals surface area contributed by atoms with Gasteiger partial charge < -0.3 is 19.7 Å². The van der Waals surface area contributed by atoms with Gasteiger partial charge in [-0.2, -0.15) is 5.10 Å². The van der Waals surface area contributed by atoms with E-state index in [4.69, 9.17) is 21.7 Å². The van der Waals surface area contributed by atoms with Crippen molar-refractivity contribution in [2.24, 2.45) is 5.10 Å².